The molecule has 4 rings (SSSR count). The fourth-order valence-corrected chi connectivity index (χ4v) is 5.36. The molecule has 0 amide bonds. The molecule has 0 bridgehead atoms. The number of allylic oxidation sites excluding steroid dienone is 2. The zero-order chi connectivity index (χ0) is 31.6. The number of halogens is 1. The van der Waals surface area contributed by atoms with Crippen LogP contribution in [0.4, 0.5) is 4.39 Å². The number of aryl methyl sites for hydroxylation is 2. The maximum Gasteiger partial charge on any atom is 0.333 e. The number of aromatic nitrogens is 1. The van der Waals surface area contributed by atoms with Crippen molar-refractivity contribution in [3.05, 3.63) is 104 Å². The van der Waals surface area contributed by atoms with Gasteiger partial charge in [0.1, 0.15) is 17.1 Å². The number of rotatable bonds is 9. The third-order valence-electron chi connectivity index (χ3n) is 7.03. The summed E-state index contributed by atoms with van der Waals surface area (Å²) in [6, 6.07) is 15.1. The fraction of sp³-hybridized carbons (Fsp3) is 0.417. The first-order valence-electron chi connectivity index (χ1n) is 15.2. The highest BCUT2D eigenvalue weighted by Crippen LogP contribution is 2.23. The zero-order valence-corrected chi connectivity index (χ0v) is 27.1. The van der Waals surface area contributed by atoms with Gasteiger partial charge in [0.15, 0.2) is 0 Å². The van der Waals surface area contributed by atoms with E-state index in [-0.39, 0.29) is 17.8 Å². The number of thiazole rings is 1. The molecule has 1 fully saturated rings. The zero-order valence-electron chi connectivity index (χ0n) is 26.3. The summed E-state index contributed by atoms with van der Waals surface area (Å²) in [4.78, 5) is 26.5. The minimum atomic E-state index is -0.292. The normalized spacial score (nSPS) is 14.5. The van der Waals surface area contributed by atoms with Crippen LogP contribution in [0.25, 0.3) is 6.08 Å². The van der Waals surface area contributed by atoms with E-state index in [4.69, 9.17) is 10.5 Å². The van der Waals surface area contributed by atoms with Gasteiger partial charge in [0.25, 0.3) is 0 Å². The van der Waals surface area contributed by atoms with Gasteiger partial charge in [0.05, 0.1) is 18.3 Å². The fourth-order valence-electron chi connectivity index (χ4n) is 4.58. The Labute approximate surface area is 261 Å². The van der Waals surface area contributed by atoms with E-state index in [0.717, 1.165) is 53.8 Å². The van der Waals surface area contributed by atoms with Crippen molar-refractivity contribution in [3.63, 3.8) is 0 Å². The molecule has 7 heteroatoms. The molecule has 1 unspecified atom stereocenters. The minimum Gasteiger partial charge on any atom is -0.463 e. The van der Waals surface area contributed by atoms with E-state index in [2.05, 4.69) is 36.2 Å². The van der Waals surface area contributed by atoms with Crippen LogP contribution in [-0.4, -0.2) is 23.8 Å². The number of carbonyl (C=O) groups excluding carboxylic acids is 2. The maximum atomic E-state index is 12.6. The number of aldehydes is 1. The molecule has 0 aliphatic heterocycles. The third-order valence-corrected chi connectivity index (χ3v) is 8.03. The van der Waals surface area contributed by atoms with E-state index >= 15 is 0 Å². The highest BCUT2D eigenvalue weighted by atomic mass is 32.1. The molecule has 0 radical (unpaired) electrons. The quantitative estimate of drug-likeness (QED) is 0.114. The number of esters is 1. The monoisotopic (exact) mass is 606 g/mol. The second-order valence-electron chi connectivity index (χ2n) is 10.8. The van der Waals surface area contributed by atoms with Gasteiger partial charge in [-0.3, -0.25) is 0 Å². The summed E-state index contributed by atoms with van der Waals surface area (Å²) in [6.07, 6.45) is 12.6. The molecule has 0 spiro atoms. The van der Waals surface area contributed by atoms with E-state index < -0.39 is 0 Å². The van der Waals surface area contributed by atoms with E-state index in [0.29, 0.717) is 18.1 Å². The second kappa shape index (κ2) is 19.7. The molecule has 1 heterocycles. The number of hydrogen-bond acceptors (Lipinski definition) is 6. The van der Waals surface area contributed by atoms with Crippen molar-refractivity contribution in [2.45, 2.75) is 85.6 Å². The summed E-state index contributed by atoms with van der Waals surface area (Å²) < 4.78 is 17.6. The van der Waals surface area contributed by atoms with Crippen LogP contribution < -0.4 is 5.73 Å². The van der Waals surface area contributed by atoms with Crippen molar-refractivity contribution in [3.8, 4) is 0 Å². The van der Waals surface area contributed by atoms with Crippen LogP contribution in [0.5, 0.6) is 0 Å². The molecule has 2 aromatic carbocycles. The lowest BCUT2D eigenvalue weighted by atomic mass is 9.91. The predicted octanol–water partition coefficient (Wildman–Crippen LogP) is 8.76. The topological polar surface area (TPSA) is 82.3 Å². The van der Waals surface area contributed by atoms with Crippen LogP contribution in [0.3, 0.4) is 0 Å². The molecule has 1 aliphatic rings. The van der Waals surface area contributed by atoms with E-state index in [1.54, 1.807) is 37.3 Å². The van der Waals surface area contributed by atoms with E-state index in [9.17, 15) is 14.0 Å². The maximum absolute atomic E-state index is 12.6. The third kappa shape index (κ3) is 13.6. The van der Waals surface area contributed by atoms with Crippen LogP contribution in [0.1, 0.15) is 93.2 Å². The lowest BCUT2D eigenvalue weighted by Gasteiger charge is -2.14. The standard InChI is InChI=1S/C21H26N2O2S.C8H9F.C7H12O/c1-5-25-21(24)16(4)10-15(3)11-18-13-26-20(23-18)19(22)12-17-8-6-14(2)7-9-17;1-2-7-5-3-4-6-8(7)9;8-6-7-4-2-1-3-5-7/h6-11,13,19H,5,12,22H2,1-4H3;3-6H,2H2,1H3;6-7H,1-5H2/b15-11+,16-10-;;. The summed E-state index contributed by atoms with van der Waals surface area (Å²) in [5.41, 5.74) is 11.9. The van der Waals surface area contributed by atoms with Gasteiger partial charge in [0, 0.05) is 16.9 Å². The smallest absolute Gasteiger partial charge is 0.333 e. The molecule has 0 saturated heterocycles. The molecular formula is C36H47FN2O3S. The number of nitrogens with zero attached hydrogens (tertiary/aromatic N) is 1. The average molecular weight is 607 g/mol. The highest BCUT2D eigenvalue weighted by molar-refractivity contribution is 7.09. The Balaban J connectivity index is 0.000000305. The van der Waals surface area contributed by atoms with Gasteiger partial charge in [-0.05, 0) is 88.3 Å². The van der Waals surface area contributed by atoms with Crippen molar-refractivity contribution in [2.24, 2.45) is 11.7 Å². The molecule has 1 saturated carbocycles. The van der Waals surface area contributed by atoms with Crippen LogP contribution >= 0.6 is 11.3 Å². The van der Waals surface area contributed by atoms with Crippen molar-refractivity contribution >= 4 is 29.7 Å². The van der Waals surface area contributed by atoms with Crippen LogP contribution in [0, 0.1) is 18.7 Å². The highest BCUT2D eigenvalue weighted by Gasteiger charge is 2.12. The lowest BCUT2D eigenvalue weighted by molar-refractivity contribution is -0.138. The van der Waals surface area contributed by atoms with E-state index in [1.807, 2.05) is 37.4 Å². The van der Waals surface area contributed by atoms with Crippen molar-refractivity contribution in [2.75, 3.05) is 6.61 Å². The van der Waals surface area contributed by atoms with Gasteiger partial charge in [-0.15, -0.1) is 11.3 Å². The Morgan fingerprint density at radius 2 is 1.77 bits per heavy atom. The van der Waals surface area contributed by atoms with Crippen molar-refractivity contribution in [1.82, 2.24) is 4.98 Å². The molecule has 1 atom stereocenters. The number of carbonyl (C=O) groups is 2. The molecular weight excluding hydrogens is 559 g/mol. The molecule has 232 valence electrons. The number of ether oxygens (including phenoxy) is 1. The molecule has 2 N–H and O–H groups in total. The first kappa shape index (κ1) is 35.8. The van der Waals surface area contributed by atoms with Crippen molar-refractivity contribution in [1.29, 1.82) is 0 Å². The molecule has 5 nitrogen and oxygen atoms in total. The Bertz CT molecular complexity index is 1320. The Morgan fingerprint density at radius 1 is 1.09 bits per heavy atom. The van der Waals surface area contributed by atoms with Gasteiger partial charge >= 0.3 is 5.97 Å². The summed E-state index contributed by atoms with van der Waals surface area (Å²) in [5, 5.41) is 2.90. The first-order valence-corrected chi connectivity index (χ1v) is 16.0. The predicted molar refractivity (Wildman–Crippen MR) is 176 cm³/mol. The van der Waals surface area contributed by atoms with Gasteiger partial charge < -0.3 is 15.3 Å². The molecule has 1 aliphatic carbocycles. The SMILES string of the molecule is CCOC(=O)/C(C)=C\C(C)=C\c1csc(C(N)Cc2ccc(C)cc2)n1.CCc1ccccc1F.O=CC1CCCCC1. The van der Waals surface area contributed by atoms with Gasteiger partial charge in [-0.25, -0.2) is 14.2 Å². The van der Waals surface area contributed by atoms with Gasteiger partial charge in [-0.1, -0.05) is 74.2 Å². The van der Waals surface area contributed by atoms with Crippen LogP contribution in [-0.2, 0) is 27.2 Å². The molecule has 43 heavy (non-hydrogen) atoms. The van der Waals surface area contributed by atoms with E-state index in [1.165, 1.54) is 36.5 Å². The Kier molecular flexibility index (Phi) is 16.4. The first-order chi connectivity index (χ1) is 20.7. The number of benzene rings is 2. The summed E-state index contributed by atoms with van der Waals surface area (Å²) in [7, 11) is 0. The average Bonchev–Trinajstić information content (AvgIpc) is 3.48. The largest absolute Gasteiger partial charge is 0.463 e. The second-order valence-corrected chi connectivity index (χ2v) is 11.7. The Hall–Kier alpha value is -3.42. The van der Waals surface area contributed by atoms with Gasteiger partial charge in [0.2, 0.25) is 0 Å². The Morgan fingerprint density at radius 3 is 2.33 bits per heavy atom. The number of nitrogens with two attached hydrogens (primary N) is 1. The summed E-state index contributed by atoms with van der Waals surface area (Å²) in [6.45, 7) is 9.88. The van der Waals surface area contributed by atoms with Crippen LogP contribution in [0.2, 0.25) is 0 Å². The summed E-state index contributed by atoms with van der Waals surface area (Å²) in [5.74, 6) is 0.0167. The van der Waals surface area contributed by atoms with Crippen molar-refractivity contribution < 1.29 is 18.7 Å². The van der Waals surface area contributed by atoms with Gasteiger partial charge in [-0.2, -0.15) is 0 Å². The number of hydrogen-bond donors (Lipinski definition) is 1. The lowest BCUT2D eigenvalue weighted by Crippen LogP contribution is -2.13. The minimum absolute atomic E-state index is 0.0972. The molecule has 3 aromatic rings. The van der Waals surface area contributed by atoms with Crippen LogP contribution in [0.15, 0.2) is 71.1 Å². The molecule has 1 aromatic heterocycles. The summed E-state index contributed by atoms with van der Waals surface area (Å²) >= 11 is 1.56.